The van der Waals surface area contributed by atoms with E-state index in [1.807, 2.05) is 38.2 Å². The summed E-state index contributed by atoms with van der Waals surface area (Å²) >= 11 is 0. The molecule has 3 nitrogen and oxygen atoms in total. The van der Waals surface area contributed by atoms with Gasteiger partial charge in [0.1, 0.15) is 11.5 Å². The molecular formula is C15H19NO2. The Bertz CT molecular complexity index is 555. The van der Waals surface area contributed by atoms with Gasteiger partial charge in [0, 0.05) is 24.5 Å². The molecule has 0 aliphatic carbocycles. The van der Waals surface area contributed by atoms with Crippen molar-refractivity contribution in [2.75, 3.05) is 0 Å². The van der Waals surface area contributed by atoms with E-state index in [1.165, 1.54) is 0 Å². The Kier molecular flexibility index (Phi) is 3.70. The second-order valence-electron chi connectivity index (χ2n) is 4.82. The quantitative estimate of drug-likeness (QED) is 0.808. The van der Waals surface area contributed by atoms with E-state index in [1.54, 1.807) is 6.92 Å². The molecule has 18 heavy (non-hydrogen) atoms. The highest BCUT2D eigenvalue weighted by Gasteiger charge is 2.08. The lowest BCUT2D eigenvalue weighted by atomic mass is 10.2. The van der Waals surface area contributed by atoms with E-state index in [2.05, 4.69) is 10.6 Å². The average molecular weight is 245 g/mol. The molecule has 0 atom stereocenters. The number of nitrogens with zero attached hydrogens (tertiary/aromatic N) is 1. The molecule has 0 saturated heterocycles. The van der Waals surface area contributed by atoms with E-state index in [0.717, 1.165) is 23.2 Å². The highest BCUT2D eigenvalue weighted by atomic mass is 16.5. The summed E-state index contributed by atoms with van der Waals surface area (Å²) in [5, 5.41) is 1.11. The monoisotopic (exact) mass is 245 g/mol. The molecule has 0 fully saturated rings. The van der Waals surface area contributed by atoms with E-state index in [-0.39, 0.29) is 11.9 Å². The minimum atomic E-state index is 0.163. The second kappa shape index (κ2) is 5.25. The van der Waals surface area contributed by atoms with Crippen LogP contribution in [0.3, 0.4) is 0 Å². The van der Waals surface area contributed by atoms with Crippen molar-refractivity contribution < 1.29 is 9.53 Å². The zero-order chi connectivity index (χ0) is 13.1. The lowest BCUT2D eigenvalue weighted by molar-refractivity contribution is -0.117. The highest BCUT2D eigenvalue weighted by Crippen LogP contribution is 2.27. The number of aryl methyl sites for hydroxylation is 1. The maximum absolute atomic E-state index is 11.0. The Balaban J connectivity index is 2.32. The van der Waals surface area contributed by atoms with Crippen LogP contribution in [-0.2, 0) is 11.3 Å². The molecule has 3 heteroatoms. The molecule has 0 amide bonds. The van der Waals surface area contributed by atoms with Crippen LogP contribution >= 0.6 is 0 Å². The maximum Gasteiger partial charge on any atom is 0.131 e. The van der Waals surface area contributed by atoms with Crippen LogP contribution in [0.5, 0.6) is 5.75 Å². The molecule has 0 saturated carbocycles. The number of ether oxygens (including phenoxy) is 1. The van der Waals surface area contributed by atoms with Gasteiger partial charge in [0.15, 0.2) is 0 Å². The third-order valence-electron chi connectivity index (χ3n) is 2.84. The lowest BCUT2D eigenvalue weighted by Crippen LogP contribution is -2.06. The fourth-order valence-corrected chi connectivity index (χ4v) is 2.02. The Labute approximate surface area is 107 Å². The van der Waals surface area contributed by atoms with Gasteiger partial charge < -0.3 is 9.30 Å². The Hall–Kier alpha value is -1.77. The number of ketones is 1. The van der Waals surface area contributed by atoms with Crippen molar-refractivity contribution in [2.24, 2.45) is 0 Å². The summed E-state index contributed by atoms with van der Waals surface area (Å²) in [6.45, 7) is 6.39. The van der Waals surface area contributed by atoms with Gasteiger partial charge in [0.25, 0.3) is 0 Å². The number of carbonyl (C=O) groups excluding carboxylic acids is 1. The minimum Gasteiger partial charge on any atom is -0.490 e. The molecule has 0 N–H and O–H groups in total. The second-order valence-corrected chi connectivity index (χ2v) is 4.82. The van der Waals surface area contributed by atoms with Crippen LogP contribution in [0.4, 0.5) is 0 Å². The third kappa shape index (κ3) is 2.73. The summed E-state index contributed by atoms with van der Waals surface area (Å²) in [6, 6.07) is 8.08. The number of aromatic nitrogens is 1. The Morgan fingerprint density at radius 1 is 1.33 bits per heavy atom. The van der Waals surface area contributed by atoms with E-state index >= 15 is 0 Å². The fourth-order valence-electron chi connectivity index (χ4n) is 2.02. The maximum atomic E-state index is 11.0. The van der Waals surface area contributed by atoms with E-state index in [4.69, 9.17) is 4.74 Å². The van der Waals surface area contributed by atoms with Crippen molar-refractivity contribution in [3.63, 3.8) is 0 Å². The fraction of sp³-hybridized carbons (Fsp3) is 0.400. The van der Waals surface area contributed by atoms with Crippen molar-refractivity contribution in [3.8, 4) is 5.75 Å². The number of fused-ring (bicyclic) bond motifs is 1. The molecule has 0 aliphatic rings. The predicted octanol–water partition coefficient (Wildman–Crippen LogP) is 3.41. The third-order valence-corrected chi connectivity index (χ3v) is 2.84. The normalized spacial score (nSPS) is 11.1. The van der Waals surface area contributed by atoms with Crippen molar-refractivity contribution in [1.29, 1.82) is 0 Å². The first kappa shape index (κ1) is 12.7. The number of carbonyl (C=O) groups is 1. The van der Waals surface area contributed by atoms with E-state index in [0.29, 0.717) is 6.42 Å². The first-order chi connectivity index (χ1) is 8.58. The van der Waals surface area contributed by atoms with Crippen LogP contribution in [0.2, 0.25) is 0 Å². The van der Waals surface area contributed by atoms with Gasteiger partial charge in [-0.25, -0.2) is 0 Å². The largest absolute Gasteiger partial charge is 0.490 e. The van der Waals surface area contributed by atoms with Gasteiger partial charge in [-0.3, -0.25) is 4.79 Å². The standard InChI is InChI=1S/C15H19NO2/c1-11(2)18-15-6-4-5-14-13(15)8-10-16(14)9-7-12(3)17/h4-6,8,10-11H,7,9H2,1-3H3. The van der Waals surface area contributed by atoms with Crippen LogP contribution in [-0.4, -0.2) is 16.5 Å². The average Bonchev–Trinajstić information content (AvgIpc) is 2.70. The molecule has 2 aromatic rings. The van der Waals surface area contributed by atoms with Crippen LogP contribution in [0.1, 0.15) is 27.2 Å². The predicted molar refractivity (Wildman–Crippen MR) is 73.0 cm³/mol. The number of Topliss-reactive ketones (excluding diaryl/α,β-unsaturated/α-hetero) is 1. The van der Waals surface area contributed by atoms with Crippen molar-refractivity contribution in [1.82, 2.24) is 4.57 Å². The van der Waals surface area contributed by atoms with Gasteiger partial charge in [0.05, 0.1) is 11.6 Å². The van der Waals surface area contributed by atoms with Crippen LogP contribution in [0, 0.1) is 0 Å². The smallest absolute Gasteiger partial charge is 0.131 e. The minimum absolute atomic E-state index is 0.163. The topological polar surface area (TPSA) is 31.2 Å². The number of hydrogen-bond acceptors (Lipinski definition) is 2. The Morgan fingerprint density at radius 2 is 2.11 bits per heavy atom. The summed E-state index contributed by atoms with van der Waals surface area (Å²) < 4.78 is 7.89. The zero-order valence-electron chi connectivity index (χ0n) is 11.1. The van der Waals surface area contributed by atoms with Crippen molar-refractivity contribution in [2.45, 2.75) is 39.8 Å². The molecule has 0 radical (unpaired) electrons. The van der Waals surface area contributed by atoms with Gasteiger partial charge in [-0.1, -0.05) is 6.07 Å². The number of rotatable bonds is 5. The van der Waals surface area contributed by atoms with Gasteiger partial charge in [-0.2, -0.15) is 0 Å². The molecule has 96 valence electrons. The first-order valence-corrected chi connectivity index (χ1v) is 6.32. The van der Waals surface area contributed by atoms with Crippen molar-refractivity contribution >= 4 is 16.7 Å². The first-order valence-electron chi connectivity index (χ1n) is 6.32. The molecule has 1 aromatic heterocycles. The zero-order valence-corrected chi connectivity index (χ0v) is 11.1. The summed E-state index contributed by atoms with van der Waals surface area (Å²) in [5.41, 5.74) is 1.12. The van der Waals surface area contributed by atoms with Gasteiger partial charge in [0.2, 0.25) is 0 Å². The summed E-state index contributed by atoms with van der Waals surface area (Å²) in [5.74, 6) is 1.12. The molecule has 0 aliphatic heterocycles. The molecule has 2 rings (SSSR count). The summed E-state index contributed by atoms with van der Waals surface area (Å²) in [6.07, 6.45) is 2.75. The van der Waals surface area contributed by atoms with Gasteiger partial charge in [-0.05, 0) is 39.0 Å². The molecule has 0 unspecified atom stereocenters. The Morgan fingerprint density at radius 3 is 2.78 bits per heavy atom. The molecule has 0 bridgehead atoms. The van der Waals surface area contributed by atoms with E-state index in [9.17, 15) is 4.79 Å². The molecular weight excluding hydrogens is 226 g/mol. The van der Waals surface area contributed by atoms with Crippen LogP contribution in [0.15, 0.2) is 30.5 Å². The summed E-state index contributed by atoms with van der Waals surface area (Å²) in [7, 11) is 0. The van der Waals surface area contributed by atoms with Crippen molar-refractivity contribution in [3.05, 3.63) is 30.5 Å². The molecule has 1 aromatic carbocycles. The number of benzene rings is 1. The summed E-state index contributed by atoms with van der Waals surface area (Å²) in [4.78, 5) is 11.0. The number of hydrogen-bond donors (Lipinski definition) is 0. The SMILES string of the molecule is CC(=O)CCn1ccc2c(OC(C)C)cccc21. The van der Waals surface area contributed by atoms with Gasteiger partial charge in [-0.15, -0.1) is 0 Å². The lowest BCUT2D eigenvalue weighted by Gasteiger charge is -2.11. The van der Waals surface area contributed by atoms with Crippen LogP contribution in [0.25, 0.3) is 10.9 Å². The molecule has 0 spiro atoms. The van der Waals surface area contributed by atoms with Crippen LogP contribution < -0.4 is 4.74 Å². The van der Waals surface area contributed by atoms with E-state index < -0.39 is 0 Å². The van der Waals surface area contributed by atoms with Gasteiger partial charge >= 0.3 is 0 Å². The molecule has 1 heterocycles. The highest BCUT2D eigenvalue weighted by molar-refractivity contribution is 5.86.